The Morgan fingerprint density at radius 3 is 2.35 bits per heavy atom. The van der Waals surface area contributed by atoms with Crippen LogP contribution in [0.4, 0.5) is 4.39 Å². The molecule has 2 aromatic carbocycles. The molecule has 3 aromatic rings. The van der Waals surface area contributed by atoms with Gasteiger partial charge in [0.2, 0.25) is 0 Å². The van der Waals surface area contributed by atoms with Crippen molar-refractivity contribution in [1.29, 1.82) is 0 Å². The SMILES string of the molecule is C=Cc1ccc(-c2ccc(F)cc2)cc1-c1nccc(C)c1C. The molecule has 0 saturated carbocycles. The molecule has 0 unspecified atom stereocenters. The van der Waals surface area contributed by atoms with Crippen LogP contribution in [0.5, 0.6) is 0 Å². The second kappa shape index (κ2) is 6.17. The zero-order chi connectivity index (χ0) is 16.4. The van der Waals surface area contributed by atoms with Crippen molar-refractivity contribution in [1.82, 2.24) is 4.98 Å². The molecule has 0 saturated heterocycles. The van der Waals surface area contributed by atoms with Crippen LogP contribution in [0.2, 0.25) is 0 Å². The van der Waals surface area contributed by atoms with E-state index in [2.05, 4.69) is 31.5 Å². The van der Waals surface area contributed by atoms with Crippen LogP contribution in [0, 0.1) is 19.7 Å². The molecule has 114 valence electrons. The van der Waals surface area contributed by atoms with Gasteiger partial charge >= 0.3 is 0 Å². The van der Waals surface area contributed by atoms with E-state index in [1.165, 1.54) is 17.7 Å². The van der Waals surface area contributed by atoms with E-state index >= 15 is 0 Å². The number of benzene rings is 2. The summed E-state index contributed by atoms with van der Waals surface area (Å²) in [5.41, 5.74) is 7.43. The number of aromatic nitrogens is 1. The summed E-state index contributed by atoms with van der Waals surface area (Å²) in [6.07, 6.45) is 3.67. The smallest absolute Gasteiger partial charge is 0.123 e. The Hall–Kier alpha value is -2.74. The van der Waals surface area contributed by atoms with Gasteiger partial charge in [-0.1, -0.05) is 36.9 Å². The Kier molecular flexibility index (Phi) is 4.07. The predicted molar refractivity (Wildman–Crippen MR) is 94.6 cm³/mol. The maximum atomic E-state index is 13.1. The third-order valence-corrected chi connectivity index (χ3v) is 4.18. The summed E-state index contributed by atoms with van der Waals surface area (Å²) in [6, 6.07) is 14.7. The maximum absolute atomic E-state index is 13.1. The lowest BCUT2D eigenvalue weighted by Gasteiger charge is -2.13. The zero-order valence-electron chi connectivity index (χ0n) is 13.3. The largest absolute Gasteiger partial charge is 0.256 e. The van der Waals surface area contributed by atoms with Gasteiger partial charge in [0.1, 0.15) is 5.82 Å². The molecule has 0 N–H and O–H groups in total. The van der Waals surface area contributed by atoms with Crippen LogP contribution in [0.3, 0.4) is 0 Å². The van der Waals surface area contributed by atoms with Crippen LogP contribution in [0.1, 0.15) is 16.7 Å². The number of hydrogen-bond donors (Lipinski definition) is 0. The highest BCUT2D eigenvalue weighted by Crippen LogP contribution is 2.31. The molecular formula is C21H18FN. The molecule has 0 aliphatic carbocycles. The standard InChI is InChI=1S/C21H18FN/c1-4-16-5-6-18(17-7-9-19(22)10-8-17)13-20(16)21-15(3)14(2)11-12-23-21/h4-13H,1H2,2-3H3. The zero-order valence-corrected chi connectivity index (χ0v) is 13.3. The summed E-state index contributed by atoms with van der Waals surface area (Å²) < 4.78 is 13.1. The molecule has 0 radical (unpaired) electrons. The maximum Gasteiger partial charge on any atom is 0.123 e. The van der Waals surface area contributed by atoms with Crippen LogP contribution in [0.25, 0.3) is 28.5 Å². The van der Waals surface area contributed by atoms with Crippen molar-refractivity contribution in [2.45, 2.75) is 13.8 Å². The number of aryl methyl sites for hydroxylation is 1. The Balaban J connectivity index is 2.19. The van der Waals surface area contributed by atoms with E-state index < -0.39 is 0 Å². The van der Waals surface area contributed by atoms with Gasteiger partial charge in [-0.05, 0) is 65.9 Å². The van der Waals surface area contributed by atoms with Crippen LogP contribution in [-0.2, 0) is 0 Å². The first-order chi connectivity index (χ1) is 11.1. The Bertz CT molecular complexity index is 864. The molecule has 3 rings (SSSR count). The highest BCUT2D eigenvalue weighted by molar-refractivity contribution is 5.80. The van der Waals surface area contributed by atoms with Crippen LogP contribution < -0.4 is 0 Å². The molecular weight excluding hydrogens is 285 g/mol. The van der Waals surface area contributed by atoms with Gasteiger partial charge in [-0.3, -0.25) is 4.98 Å². The highest BCUT2D eigenvalue weighted by Gasteiger charge is 2.11. The fraction of sp³-hybridized carbons (Fsp3) is 0.0952. The number of pyridine rings is 1. The van der Waals surface area contributed by atoms with E-state index in [-0.39, 0.29) is 5.82 Å². The minimum absolute atomic E-state index is 0.229. The topological polar surface area (TPSA) is 12.9 Å². The summed E-state index contributed by atoms with van der Waals surface area (Å²) in [6.45, 7) is 8.07. The van der Waals surface area contributed by atoms with Crippen molar-refractivity contribution >= 4 is 6.08 Å². The van der Waals surface area contributed by atoms with E-state index in [0.717, 1.165) is 33.5 Å². The van der Waals surface area contributed by atoms with Gasteiger partial charge in [-0.2, -0.15) is 0 Å². The molecule has 23 heavy (non-hydrogen) atoms. The Morgan fingerprint density at radius 1 is 0.957 bits per heavy atom. The lowest BCUT2D eigenvalue weighted by Crippen LogP contribution is -1.94. The highest BCUT2D eigenvalue weighted by atomic mass is 19.1. The first-order valence-electron chi connectivity index (χ1n) is 7.55. The number of hydrogen-bond acceptors (Lipinski definition) is 1. The first-order valence-corrected chi connectivity index (χ1v) is 7.55. The van der Waals surface area contributed by atoms with Gasteiger partial charge in [-0.15, -0.1) is 0 Å². The molecule has 1 aromatic heterocycles. The lowest BCUT2D eigenvalue weighted by molar-refractivity contribution is 0.628. The number of nitrogens with zero attached hydrogens (tertiary/aromatic N) is 1. The van der Waals surface area contributed by atoms with Crippen LogP contribution in [-0.4, -0.2) is 4.98 Å². The van der Waals surface area contributed by atoms with E-state index in [4.69, 9.17) is 0 Å². The molecule has 1 heterocycles. The monoisotopic (exact) mass is 303 g/mol. The summed E-state index contributed by atoms with van der Waals surface area (Å²) in [5.74, 6) is -0.229. The Morgan fingerprint density at radius 2 is 1.65 bits per heavy atom. The second-order valence-electron chi connectivity index (χ2n) is 5.61. The van der Waals surface area contributed by atoms with Gasteiger partial charge in [-0.25, -0.2) is 4.39 Å². The minimum atomic E-state index is -0.229. The van der Waals surface area contributed by atoms with E-state index in [9.17, 15) is 4.39 Å². The van der Waals surface area contributed by atoms with Gasteiger partial charge in [0, 0.05) is 11.8 Å². The van der Waals surface area contributed by atoms with E-state index in [0.29, 0.717) is 0 Å². The van der Waals surface area contributed by atoms with Gasteiger partial charge in [0.25, 0.3) is 0 Å². The van der Waals surface area contributed by atoms with Gasteiger partial charge in [0.15, 0.2) is 0 Å². The van der Waals surface area contributed by atoms with Crippen molar-refractivity contribution in [3.8, 4) is 22.4 Å². The van der Waals surface area contributed by atoms with Crippen LogP contribution in [0.15, 0.2) is 61.3 Å². The molecule has 0 aliphatic rings. The second-order valence-corrected chi connectivity index (χ2v) is 5.61. The molecule has 2 heteroatoms. The fourth-order valence-electron chi connectivity index (χ4n) is 2.66. The number of halogens is 1. The Labute approximate surface area is 136 Å². The molecule has 0 atom stereocenters. The first kappa shape index (κ1) is 15.2. The third-order valence-electron chi connectivity index (χ3n) is 4.18. The summed E-state index contributed by atoms with van der Waals surface area (Å²) in [5, 5.41) is 0. The van der Waals surface area contributed by atoms with E-state index in [1.54, 1.807) is 12.1 Å². The predicted octanol–water partition coefficient (Wildman–Crippen LogP) is 5.81. The average Bonchev–Trinajstić information content (AvgIpc) is 2.57. The van der Waals surface area contributed by atoms with Crippen LogP contribution >= 0.6 is 0 Å². The normalized spacial score (nSPS) is 10.6. The van der Waals surface area contributed by atoms with Crippen molar-refractivity contribution < 1.29 is 4.39 Å². The van der Waals surface area contributed by atoms with E-state index in [1.807, 2.05) is 30.5 Å². The summed E-state index contributed by atoms with van der Waals surface area (Å²) >= 11 is 0. The molecule has 0 fully saturated rings. The van der Waals surface area contributed by atoms with Crippen molar-refractivity contribution in [2.24, 2.45) is 0 Å². The van der Waals surface area contributed by atoms with Crippen molar-refractivity contribution in [2.75, 3.05) is 0 Å². The molecule has 1 nitrogen and oxygen atoms in total. The van der Waals surface area contributed by atoms with Gasteiger partial charge < -0.3 is 0 Å². The van der Waals surface area contributed by atoms with Crippen molar-refractivity contribution in [3.63, 3.8) is 0 Å². The van der Waals surface area contributed by atoms with Crippen molar-refractivity contribution in [3.05, 3.63) is 83.8 Å². The summed E-state index contributed by atoms with van der Waals surface area (Å²) in [7, 11) is 0. The third kappa shape index (κ3) is 2.93. The minimum Gasteiger partial charge on any atom is -0.256 e. The molecule has 0 spiro atoms. The van der Waals surface area contributed by atoms with Gasteiger partial charge in [0.05, 0.1) is 5.69 Å². The quantitative estimate of drug-likeness (QED) is 0.594. The molecule has 0 bridgehead atoms. The average molecular weight is 303 g/mol. The molecule has 0 amide bonds. The number of rotatable bonds is 3. The fourth-order valence-corrected chi connectivity index (χ4v) is 2.66. The molecule has 0 aliphatic heterocycles. The lowest BCUT2D eigenvalue weighted by atomic mass is 9.94. The summed E-state index contributed by atoms with van der Waals surface area (Å²) in [4.78, 5) is 4.56.